The summed E-state index contributed by atoms with van der Waals surface area (Å²) in [7, 11) is 3.21. The topological polar surface area (TPSA) is 78.3 Å². The smallest absolute Gasteiger partial charge is 0.272 e. The van der Waals surface area contributed by atoms with E-state index < -0.39 is 0 Å². The number of nitrogens with one attached hydrogen (secondary N) is 1. The third-order valence-corrected chi connectivity index (χ3v) is 4.17. The summed E-state index contributed by atoms with van der Waals surface area (Å²) in [5, 5.41) is 7.31. The molecule has 3 aromatic rings. The summed E-state index contributed by atoms with van der Waals surface area (Å²) in [5.74, 6) is 1.12. The monoisotopic (exact) mass is 366 g/mol. The Bertz CT molecular complexity index is 922. The maximum atomic E-state index is 12.5. The molecular formula is C20H22N4O3. The Morgan fingerprint density at radius 3 is 2.70 bits per heavy atom. The highest BCUT2D eigenvalue weighted by molar-refractivity contribution is 5.93. The van der Waals surface area contributed by atoms with Gasteiger partial charge in [-0.25, -0.2) is 0 Å². The fraction of sp³-hybridized carbons (Fsp3) is 0.250. The molecule has 0 aliphatic heterocycles. The van der Waals surface area contributed by atoms with Crippen LogP contribution in [0, 0.1) is 0 Å². The summed E-state index contributed by atoms with van der Waals surface area (Å²) in [5.41, 5.74) is 2.94. The summed E-state index contributed by atoms with van der Waals surface area (Å²) in [6.45, 7) is 3.00. The molecule has 0 fully saturated rings. The molecule has 0 aliphatic rings. The van der Waals surface area contributed by atoms with E-state index in [1.807, 2.05) is 37.3 Å². The highest BCUT2D eigenvalue weighted by atomic mass is 16.5. The number of hydrogen-bond donors (Lipinski definition) is 1. The van der Waals surface area contributed by atoms with Crippen molar-refractivity contribution in [2.75, 3.05) is 14.2 Å². The van der Waals surface area contributed by atoms with Crippen molar-refractivity contribution in [2.24, 2.45) is 0 Å². The van der Waals surface area contributed by atoms with Gasteiger partial charge < -0.3 is 14.8 Å². The molecular weight excluding hydrogens is 344 g/mol. The van der Waals surface area contributed by atoms with Crippen LogP contribution >= 0.6 is 0 Å². The van der Waals surface area contributed by atoms with Gasteiger partial charge in [0.15, 0.2) is 5.69 Å². The Morgan fingerprint density at radius 1 is 1.19 bits per heavy atom. The Balaban J connectivity index is 1.86. The maximum absolute atomic E-state index is 12.5. The van der Waals surface area contributed by atoms with Crippen molar-refractivity contribution in [1.82, 2.24) is 20.1 Å². The van der Waals surface area contributed by atoms with E-state index in [4.69, 9.17) is 9.47 Å². The molecule has 0 saturated heterocycles. The number of nitrogens with zero attached hydrogens (tertiary/aromatic N) is 3. The van der Waals surface area contributed by atoms with Crippen molar-refractivity contribution in [3.05, 3.63) is 60.0 Å². The molecule has 7 nitrogen and oxygen atoms in total. The van der Waals surface area contributed by atoms with E-state index in [9.17, 15) is 4.79 Å². The van der Waals surface area contributed by atoms with Crippen molar-refractivity contribution in [3.63, 3.8) is 0 Å². The second kappa shape index (κ2) is 8.35. The number of rotatable bonds is 7. The summed E-state index contributed by atoms with van der Waals surface area (Å²) in [4.78, 5) is 16.6. The number of carbonyl (C=O) groups is 1. The zero-order chi connectivity index (χ0) is 19.2. The minimum absolute atomic E-state index is 0.236. The minimum atomic E-state index is -0.236. The lowest BCUT2D eigenvalue weighted by molar-refractivity contribution is 0.0945. The second-order valence-electron chi connectivity index (χ2n) is 5.84. The average Bonchev–Trinajstić information content (AvgIpc) is 3.16. The quantitative estimate of drug-likeness (QED) is 0.696. The Hall–Kier alpha value is -3.35. The molecule has 1 N–H and O–H groups in total. The van der Waals surface area contributed by atoms with Crippen LogP contribution in [0.5, 0.6) is 11.5 Å². The second-order valence-corrected chi connectivity index (χ2v) is 5.84. The highest BCUT2D eigenvalue weighted by Crippen LogP contribution is 2.33. The molecule has 0 atom stereocenters. The molecule has 0 unspecified atom stereocenters. The first kappa shape index (κ1) is 18.4. The van der Waals surface area contributed by atoms with Gasteiger partial charge in [-0.05, 0) is 36.8 Å². The maximum Gasteiger partial charge on any atom is 0.272 e. The van der Waals surface area contributed by atoms with Crippen LogP contribution in [0.3, 0.4) is 0 Å². The van der Waals surface area contributed by atoms with Crippen LogP contribution in [0.1, 0.15) is 23.0 Å². The minimum Gasteiger partial charge on any atom is -0.497 e. The van der Waals surface area contributed by atoms with Crippen molar-refractivity contribution < 1.29 is 14.3 Å². The molecule has 7 heteroatoms. The van der Waals surface area contributed by atoms with Gasteiger partial charge in [0.2, 0.25) is 0 Å². The van der Waals surface area contributed by atoms with Gasteiger partial charge in [-0.3, -0.25) is 14.5 Å². The molecule has 0 aliphatic carbocycles. The van der Waals surface area contributed by atoms with Gasteiger partial charge >= 0.3 is 0 Å². The number of hydrogen-bond acceptors (Lipinski definition) is 5. The summed E-state index contributed by atoms with van der Waals surface area (Å²) in [6, 6.07) is 11.1. The standard InChI is InChI=1S/C20H22N4O3/c1-4-24-18(16-8-7-15(26-2)10-19(16)27-3)11-17(23-24)20(25)22-13-14-6-5-9-21-12-14/h5-12H,4,13H2,1-3H3,(H,22,25). The molecule has 0 radical (unpaired) electrons. The molecule has 0 saturated carbocycles. The highest BCUT2D eigenvalue weighted by Gasteiger charge is 2.18. The lowest BCUT2D eigenvalue weighted by Crippen LogP contribution is -2.23. The molecule has 1 amide bonds. The van der Waals surface area contributed by atoms with Crippen molar-refractivity contribution in [1.29, 1.82) is 0 Å². The van der Waals surface area contributed by atoms with Gasteiger partial charge in [0, 0.05) is 37.1 Å². The van der Waals surface area contributed by atoms with E-state index in [-0.39, 0.29) is 5.91 Å². The molecule has 2 aromatic heterocycles. The fourth-order valence-electron chi connectivity index (χ4n) is 2.77. The molecule has 1 aromatic carbocycles. The van der Waals surface area contributed by atoms with Crippen LogP contribution in [0.25, 0.3) is 11.3 Å². The predicted octanol–water partition coefficient (Wildman–Crippen LogP) is 2.91. The van der Waals surface area contributed by atoms with Gasteiger partial charge in [-0.1, -0.05) is 6.07 Å². The van der Waals surface area contributed by atoms with Crippen molar-refractivity contribution in [2.45, 2.75) is 20.0 Å². The third-order valence-electron chi connectivity index (χ3n) is 4.17. The largest absolute Gasteiger partial charge is 0.497 e. The summed E-state index contributed by atoms with van der Waals surface area (Å²) < 4.78 is 12.5. The number of carbonyl (C=O) groups excluding carboxylic acids is 1. The number of pyridine rings is 1. The molecule has 0 spiro atoms. The zero-order valence-electron chi connectivity index (χ0n) is 15.6. The number of aryl methyl sites for hydroxylation is 1. The van der Waals surface area contributed by atoms with Gasteiger partial charge in [-0.2, -0.15) is 5.10 Å². The number of benzene rings is 1. The third kappa shape index (κ3) is 4.08. The van der Waals surface area contributed by atoms with Crippen LogP contribution in [-0.4, -0.2) is 34.9 Å². The first-order valence-corrected chi connectivity index (χ1v) is 8.63. The van der Waals surface area contributed by atoms with Crippen molar-refractivity contribution in [3.8, 4) is 22.8 Å². The van der Waals surface area contributed by atoms with Gasteiger partial charge in [0.25, 0.3) is 5.91 Å². The average molecular weight is 366 g/mol. The van der Waals surface area contributed by atoms with Crippen molar-refractivity contribution >= 4 is 5.91 Å². The van der Waals surface area contributed by atoms with Crippen LogP contribution in [0.2, 0.25) is 0 Å². The van der Waals surface area contributed by atoms with E-state index in [0.29, 0.717) is 30.3 Å². The Morgan fingerprint density at radius 2 is 2.04 bits per heavy atom. The van der Waals surface area contributed by atoms with E-state index in [1.54, 1.807) is 37.4 Å². The summed E-state index contributed by atoms with van der Waals surface area (Å²) >= 11 is 0. The number of methoxy groups -OCH3 is 2. The molecule has 2 heterocycles. The van der Waals surface area contributed by atoms with Gasteiger partial charge in [0.1, 0.15) is 11.5 Å². The van der Waals surface area contributed by atoms with Crippen LogP contribution in [-0.2, 0) is 13.1 Å². The summed E-state index contributed by atoms with van der Waals surface area (Å²) in [6.07, 6.45) is 3.42. The van der Waals surface area contributed by atoms with E-state index >= 15 is 0 Å². The predicted molar refractivity (Wildman–Crippen MR) is 102 cm³/mol. The number of aromatic nitrogens is 3. The normalized spacial score (nSPS) is 10.5. The van der Waals surface area contributed by atoms with E-state index in [0.717, 1.165) is 16.8 Å². The van der Waals surface area contributed by atoms with Crippen LogP contribution < -0.4 is 14.8 Å². The first-order chi connectivity index (χ1) is 13.2. The van der Waals surface area contributed by atoms with Crippen LogP contribution in [0.4, 0.5) is 0 Å². The Labute approximate surface area is 158 Å². The molecule has 0 bridgehead atoms. The van der Waals surface area contributed by atoms with E-state index in [1.165, 1.54) is 0 Å². The molecule has 3 rings (SSSR count). The lowest BCUT2D eigenvalue weighted by Gasteiger charge is -2.11. The number of amides is 1. The fourth-order valence-corrected chi connectivity index (χ4v) is 2.77. The SMILES string of the molecule is CCn1nc(C(=O)NCc2cccnc2)cc1-c1ccc(OC)cc1OC. The lowest BCUT2D eigenvalue weighted by atomic mass is 10.1. The molecule has 140 valence electrons. The van der Waals surface area contributed by atoms with E-state index in [2.05, 4.69) is 15.4 Å². The van der Waals surface area contributed by atoms with Crippen LogP contribution in [0.15, 0.2) is 48.8 Å². The van der Waals surface area contributed by atoms with Gasteiger partial charge in [-0.15, -0.1) is 0 Å². The molecule has 27 heavy (non-hydrogen) atoms. The first-order valence-electron chi connectivity index (χ1n) is 8.63. The van der Waals surface area contributed by atoms with Gasteiger partial charge in [0.05, 0.1) is 19.9 Å². The Kier molecular flexibility index (Phi) is 5.71. The number of ether oxygens (including phenoxy) is 2. The zero-order valence-corrected chi connectivity index (χ0v) is 15.6.